The molecule has 68 valence electrons. The molecule has 0 aliphatic carbocycles. The van der Waals surface area contributed by atoms with Crippen LogP contribution in [0.4, 0.5) is 8.78 Å². The van der Waals surface area contributed by atoms with Gasteiger partial charge >= 0.3 is 0 Å². The summed E-state index contributed by atoms with van der Waals surface area (Å²) in [5.41, 5.74) is 0.244. The molecule has 1 rings (SSSR count). The minimum absolute atomic E-state index is 0.244. The van der Waals surface area contributed by atoms with Crippen LogP contribution in [-0.2, 0) is 0 Å². The first-order chi connectivity index (χ1) is 6.07. The van der Waals surface area contributed by atoms with Gasteiger partial charge in [0.25, 0.3) is 0 Å². The Morgan fingerprint density at radius 2 is 2.08 bits per heavy atom. The number of terminal acetylenes is 1. The van der Waals surface area contributed by atoms with Crippen molar-refractivity contribution in [3.63, 3.8) is 0 Å². The molecule has 0 aliphatic rings. The van der Waals surface area contributed by atoms with E-state index in [1.807, 2.05) is 0 Å². The molecule has 0 bridgehead atoms. The van der Waals surface area contributed by atoms with E-state index in [2.05, 4.69) is 5.92 Å². The lowest BCUT2D eigenvalue weighted by Gasteiger charge is -2.07. The molecule has 0 amide bonds. The molecule has 0 N–H and O–H groups in total. The highest BCUT2D eigenvalue weighted by Gasteiger charge is 2.14. The highest BCUT2D eigenvalue weighted by atomic mass is 35.5. The highest BCUT2D eigenvalue weighted by Crippen LogP contribution is 2.26. The van der Waals surface area contributed by atoms with Gasteiger partial charge in [-0.2, -0.15) is 0 Å². The summed E-state index contributed by atoms with van der Waals surface area (Å²) in [4.78, 5) is 0. The molecular weight excluding hydrogens is 194 g/mol. The van der Waals surface area contributed by atoms with Crippen molar-refractivity contribution in [3.8, 4) is 12.3 Å². The molecular formula is C10H7ClF2. The Labute approximate surface area is 80.5 Å². The van der Waals surface area contributed by atoms with Crippen LogP contribution in [0, 0.1) is 24.0 Å². The van der Waals surface area contributed by atoms with Gasteiger partial charge in [-0.25, -0.2) is 8.78 Å². The molecule has 3 heteroatoms. The fourth-order valence-electron chi connectivity index (χ4n) is 0.965. The normalized spacial score (nSPS) is 12.2. The Hall–Kier alpha value is -1.07. The predicted molar refractivity (Wildman–Crippen MR) is 48.6 cm³/mol. The summed E-state index contributed by atoms with van der Waals surface area (Å²) in [6.07, 6.45) is 5.11. The molecule has 0 radical (unpaired) electrons. The van der Waals surface area contributed by atoms with Crippen LogP contribution in [0.1, 0.15) is 18.4 Å². The third-order valence-electron chi connectivity index (χ3n) is 1.78. The fraction of sp³-hybridized carbons (Fsp3) is 0.200. The van der Waals surface area contributed by atoms with Crippen molar-refractivity contribution >= 4 is 11.6 Å². The van der Waals surface area contributed by atoms with Gasteiger partial charge in [-0.3, -0.25) is 0 Å². The predicted octanol–water partition coefficient (Wildman–Crippen LogP) is 3.35. The van der Waals surface area contributed by atoms with Crippen LogP contribution in [0.2, 0.25) is 5.02 Å². The molecule has 1 aromatic rings. The second-order valence-electron chi connectivity index (χ2n) is 2.65. The van der Waals surface area contributed by atoms with Gasteiger partial charge in [0.15, 0.2) is 0 Å². The van der Waals surface area contributed by atoms with E-state index in [1.54, 1.807) is 6.92 Å². The fourth-order valence-corrected chi connectivity index (χ4v) is 1.14. The van der Waals surface area contributed by atoms with E-state index in [0.717, 1.165) is 6.07 Å². The molecule has 1 aromatic carbocycles. The molecule has 0 heterocycles. The van der Waals surface area contributed by atoms with Gasteiger partial charge in [0.1, 0.15) is 16.7 Å². The maximum atomic E-state index is 13.2. The van der Waals surface area contributed by atoms with E-state index < -0.39 is 22.6 Å². The monoisotopic (exact) mass is 200 g/mol. The largest absolute Gasteiger partial charge is 0.205 e. The summed E-state index contributed by atoms with van der Waals surface area (Å²) < 4.78 is 25.9. The first-order valence-corrected chi connectivity index (χ1v) is 4.05. The van der Waals surface area contributed by atoms with Gasteiger partial charge in [0, 0.05) is 11.5 Å². The summed E-state index contributed by atoms with van der Waals surface area (Å²) >= 11 is 5.37. The minimum atomic E-state index is -0.771. The van der Waals surface area contributed by atoms with Crippen molar-refractivity contribution in [3.05, 3.63) is 34.4 Å². The van der Waals surface area contributed by atoms with Crippen molar-refractivity contribution < 1.29 is 8.78 Å². The molecule has 1 atom stereocenters. The standard InChI is InChI=1S/C10H7ClF2/c1-3-6(2)7-4-5-8(12)9(11)10(7)13/h1,4-6H,2H3. The van der Waals surface area contributed by atoms with E-state index in [-0.39, 0.29) is 5.56 Å². The van der Waals surface area contributed by atoms with Crippen LogP contribution in [0.25, 0.3) is 0 Å². The molecule has 0 fully saturated rings. The van der Waals surface area contributed by atoms with Crippen molar-refractivity contribution in [1.29, 1.82) is 0 Å². The van der Waals surface area contributed by atoms with Crippen LogP contribution in [0.15, 0.2) is 12.1 Å². The maximum absolute atomic E-state index is 13.2. The van der Waals surface area contributed by atoms with Crippen molar-refractivity contribution in [1.82, 2.24) is 0 Å². The average molecular weight is 201 g/mol. The third kappa shape index (κ3) is 1.81. The molecule has 13 heavy (non-hydrogen) atoms. The molecule has 0 aliphatic heterocycles. The van der Waals surface area contributed by atoms with Crippen LogP contribution < -0.4 is 0 Å². The molecule has 0 spiro atoms. The second kappa shape index (κ2) is 3.76. The number of hydrogen-bond acceptors (Lipinski definition) is 0. The van der Waals surface area contributed by atoms with E-state index in [9.17, 15) is 8.78 Å². The first-order valence-electron chi connectivity index (χ1n) is 3.67. The zero-order valence-corrected chi connectivity index (χ0v) is 7.70. The van der Waals surface area contributed by atoms with E-state index >= 15 is 0 Å². The Morgan fingerprint density at radius 1 is 1.46 bits per heavy atom. The summed E-state index contributed by atoms with van der Waals surface area (Å²) in [7, 11) is 0. The minimum Gasteiger partial charge on any atom is -0.205 e. The smallest absolute Gasteiger partial charge is 0.149 e. The SMILES string of the molecule is C#CC(C)c1ccc(F)c(Cl)c1F. The Morgan fingerprint density at radius 3 is 2.62 bits per heavy atom. The van der Waals surface area contributed by atoms with Gasteiger partial charge in [-0.15, -0.1) is 6.42 Å². The van der Waals surface area contributed by atoms with Crippen LogP contribution >= 0.6 is 11.6 Å². The Kier molecular flexibility index (Phi) is 2.90. The van der Waals surface area contributed by atoms with Crippen LogP contribution in [0.5, 0.6) is 0 Å². The quantitative estimate of drug-likeness (QED) is 0.482. The first kappa shape index (κ1) is 10.0. The van der Waals surface area contributed by atoms with Gasteiger partial charge < -0.3 is 0 Å². The number of hydrogen-bond donors (Lipinski definition) is 0. The van der Waals surface area contributed by atoms with E-state index in [4.69, 9.17) is 18.0 Å². The molecule has 0 nitrogen and oxygen atoms in total. The molecule has 0 saturated heterocycles. The molecule has 0 aromatic heterocycles. The Balaban J connectivity index is 3.28. The summed E-state index contributed by atoms with van der Waals surface area (Å²) in [5, 5.41) is -0.500. The van der Waals surface area contributed by atoms with Gasteiger partial charge in [0.05, 0.1) is 0 Å². The van der Waals surface area contributed by atoms with Gasteiger partial charge in [-0.1, -0.05) is 23.6 Å². The molecule has 0 saturated carbocycles. The summed E-state index contributed by atoms with van der Waals surface area (Å²) in [6, 6.07) is 2.41. The number of rotatable bonds is 1. The van der Waals surface area contributed by atoms with Crippen LogP contribution in [-0.4, -0.2) is 0 Å². The van der Waals surface area contributed by atoms with Crippen LogP contribution in [0.3, 0.4) is 0 Å². The summed E-state index contributed by atoms with van der Waals surface area (Å²) in [5.74, 6) is 0.401. The number of benzene rings is 1. The van der Waals surface area contributed by atoms with Crippen molar-refractivity contribution in [2.45, 2.75) is 12.8 Å². The lowest BCUT2D eigenvalue weighted by atomic mass is 10.0. The third-order valence-corrected chi connectivity index (χ3v) is 2.13. The van der Waals surface area contributed by atoms with Crippen molar-refractivity contribution in [2.24, 2.45) is 0 Å². The zero-order chi connectivity index (χ0) is 10.0. The Bertz CT molecular complexity index is 366. The molecule has 1 unspecified atom stereocenters. The van der Waals surface area contributed by atoms with E-state index in [0.29, 0.717) is 0 Å². The topological polar surface area (TPSA) is 0 Å². The second-order valence-corrected chi connectivity index (χ2v) is 3.03. The average Bonchev–Trinajstić information content (AvgIpc) is 2.13. The van der Waals surface area contributed by atoms with Gasteiger partial charge in [0.2, 0.25) is 0 Å². The van der Waals surface area contributed by atoms with Gasteiger partial charge in [-0.05, 0) is 13.0 Å². The highest BCUT2D eigenvalue weighted by molar-refractivity contribution is 6.30. The van der Waals surface area contributed by atoms with E-state index in [1.165, 1.54) is 6.07 Å². The zero-order valence-electron chi connectivity index (χ0n) is 6.94. The lowest BCUT2D eigenvalue weighted by molar-refractivity contribution is 0.571. The summed E-state index contributed by atoms with van der Waals surface area (Å²) in [6.45, 7) is 1.65. The lowest BCUT2D eigenvalue weighted by Crippen LogP contribution is -1.96. The number of halogens is 3. The van der Waals surface area contributed by atoms with Crippen molar-refractivity contribution in [2.75, 3.05) is 0 Å². The maximum Gasteiger partial charge on any atom is 0.149 e.